The molecule has 1 aliphatic carbocycles. The number of ether oxygens (including phenoxy) is 3. The summed E-state index contributed by atoms with van der Waals surface area (Å²) in [6.07, 6.45) is 5.00. The minimum atomic E-state index is -3.57. The zero-order chi connectivity index (χ0) is 23.8. The molecule has 1 aliphatic rings. The van der Waals surface area contributed by atoms with Gasteiger partial charge in [0.25, 0.3) is 5.91 Å². The lowest BCUT2D eigenvalue weighted by Gasteiger charge is -2.22. The number of hydrogen-bond donors (Lipinski definition) is 2. The number of hydrogen-bond acceptors (Lipinski definition) is 6. The number of sulfonamides is 1. The third-order valence-corrected chi connectivity index (χ3v) is 7.25. The van der Waals surface area contributed by atoms with Crippen LogP contribution in [-0.2, 0) is 14.8 Å². The van der Waals surface area contributed by atoms with Crippen LogP contribution in [0.25, 0.3) is 0 Å². The maximum atomic E-state index is 12.6. The molecular weight excluding hydrogens is 444 g/mol. The number of amides is 1. The van der Waals surface area contributed by atoms with Crippen molar-refractivity contribution in [2.24, 2.45) is 0 Å². The van der Waals surface area contributed by atoms with Crippen LogP contribution in [0.3, 0.4) is 0 Å². The molecule has 0 unspecified atom stereocenters. The number of nitrogens with one attached hydrogen (secondary N) is 2. The zero-order valence-corrected chi connectivity index (χ0v) is 20.1. The first-order valence-corrected chi connectivity index (χ1v) is 12.6. The van der Waals surface area contributed by atoms with Crippen molar-refractivity contribution in [3.8, 4) is 17.2 Å². The molecule has 0 bridgehead atoms. The lowest BCUT2D eigenvalue weighted by Crippen LogP contribution is -2.36. The Hall–Kier alpha value is -2.78. The second kappa shape index (κ2) is 11.4. The van der Waals surface area contributed by atoms with E-state index in [1.54, 1.807) is 32.4 Å². The molecule has 2 N–H and O–H groups in total. The van der Waals surface area contributed by atoms with Gasteiger partial charge in [-0.15, -0.1) is 0 Å². The van der Waals surface area contributed by atoms with E-state index < -0.39 is 10.0 Å². The minimum Gasteiger partial charge on any atom is -0.493 e. The standard InChI is InChI=1S/C24H32N2O6S/c1-17(18-9-14-22(30-2)23(15-18)31-3)25-24(27)16-32-20-10-12-21(13-11-20)33(28,29)26-19-7-5-4-6-8-19/h9-15,17,19,26H,4-8,16H2,1-3H3,(H,25,27)/t17-/m0/s1. The van der Waals surface area contributed by atoms with Gasteiger partial charge < -0.3 is 19.5 Å². The van der Waals surface area contributed by atoms with E-state index in [9.17, 15) is 13.2 Å². The van der Waals surface area contributed by atoms with Crippen molar-refractivity contribution in [2.45, 2.75) is 56.0 Å². The van der Waals surface area contributed by atoms with Crippen molar-refractivity contribution in [3.63, 3.8) is 0 Å². The fourth-order valence-electron chi connectivity index (χ4n) is 3.86. The number of carbonyl (C=O) groups is 1. The van der Waals surface area contributed by atoms with Crippen LogP contribution in [0.4, 0.5) is 0 Å². The van der Waals surface area contributed by atoms with Gasteiger partial charge in [0.05, 0.1) is 25.2 Å². The molecule has 0 aliphatic heterocycles. The third-order valence-electron chi connectivity index (χ3n) is 5.72. The predicted octanol–water partition coefficient (Wildman–Crippen LogP) is 3.57. The zero-order valence-electron chi connectivity index (χ0n) is 19.3. The minimum absolute atomic E-state index is 0.00367. The Balaban J connectivity index is 1.52. The summed E-state index contributed by atoms with van der Waals surface area (Å²) in [5.74, 6) is 1.32. The molecule has 0 spiro atoms. The average Bonchev–Trinajstić information content (AvgIpc) is 2.82. The summed E-state index contributed by atoms with van der Waals surface area (Å²) in [6, 6.07) is 11.3. The molecular formula is C24H32N2O6S. The van der Waals surface area contributed by atoms with E-state index in [1.807, 2.05) is 19.1 Å². The molecule has 2 aromatic carbocycles. The van der Waals surface area contributed by atoms with Crippen molar-refractivity contribution < 1.29 is 27.4 Å². The first-order chi connectivity index (χ1) is 15.8. The van der Waals surface area contributed by atoms with Gasteiger partial charge in [0.15, 0.2) is 18.1 Å². The first-order valence-electron chi connectivity index (χ1n) is 11.1. The third kappa shape index (κ3) is 6.85. The molecule has 0 radical (unpaired) electrons. The van der Waals surface area contributed by atoms with Gasteiger partial charge in [-0.1, -0.05) is 25.3 Å². The van der Waals surface area contributed by atoms with Crippen LogP contribution < -0.4 is 24.2 Å². The number of benzene rings is 2. The highest BCUT2D eigenvalue weighted by molar-refractivity contribution is 7.89. The molecule has 8 nitrogen and oxygen atoms in total. The summed E-state index contributed by atoms with van der Waals surface area (Å²) >= 11 is 0. The van der Waals surface area contributed by atoms with Crippen LogP contribution in [0.15, 0.2) is 47.4 Å². The molecule has 33 heavy (non-hydrogen) atoms. The summed E-state index contributed by atoms with van der Waals surface area (Å²) in [6.45, 7) is 1.67. The second-order valence-corrected chi connectivity index (χ2v) is 9.83. The van der Waals surface area contributed by atoms with E-state index in [2.05, 4.69) is 10.0 Å². The number of methoxy groups -OCH3 is 2. The van der Waals surface area contributed by atoms with Gasteiger partial charge in [0.2, 0.25) is 10.0 Å². The summed E-state index contributed by atoms with van der Waals surface area (Å²) in [5, 5.41) is 2.87. The highest BCUT2D eigenvalue weighted by Gasteiger charge is 2.22. The van der Waals surface area contributed by atoms with E-state index in [1.165, 1.54) is 12.1 Å². The Morgan fingerprint density at radius 2 is 1.67 bits per heavy atom. The largest absolute Gasteiger partial charge is 0.493 e. The summed E-state index contributed by atoms with van der Waals surface area (Å²) < 4.78 is 44.0. The monoisotopic (exact) mass is 476 g/mol. The molecule has 9 heteroatoms. The van der Waals surface area contributed by atoms with E-state index >= 15 is 0 Å². The highest BCUT2D eigenvalue weighted by atomic mass is 32.2. The summed E-state index contributed by atoms with van der Waals surface area (Å²) in [5.41, 5.74) is 0.862. The van der Waals surface area contributed by atoms with Gasteiger partial charge in [-0.2, -0.15) is 0 Å². The Morgan fingerprint density at radius 3 is 2.30 bits per heavy atom. The van der Waals surface area contributed by atoms with E-state index in [4.69, 9.17) is 14.2 Å². The Bertz CT molecular complexity index is 1030. The van der Waals surface area contributed by atoms with Crippen molar-refractivity contribution >= 4 is 15.9 Å². The summed E-state index contributed by atoms with van der Waals surface area (Å²) in [4.78, 5) is 12.5. The molecule has 0 heterocycles. The Labute approximate surface area is 195 Å². The van der Waals surface area contributed by atoms with Gasteiger partial charge in [-0.25, -0.2) is 13.1 Å². The van der Waals surface area contributed by atoms with Crippen LogP contribution in [0.5, 0.6) is 17.2 Å². The van der Waals surface area contributed by atoms with Crippen molar-refractivity contribution in [3.05, 3.63) is 48.0 Å². The SMILES string of the molecule is COc1ccc([C@H](C)NC(=O)COc2ccc(S(=O)(=O)NC3CCCCC3)cc2)cc1OC. The molecule has 0 saturated heterocycles. The molecule has 2 aromatic rings. The number of rotatable bonds is 10. The molecule has 1 saturated carbocycles. The quantitative estimate of drug-likeness (QED) is 0.543. The second-order valence-electron chi connectivity index (χ2n) is 8.12. The normalized spacial score (nSPS) is 15.5. The fraction of sp³-hybridized carbons (Fsp3) is 0.458. The average molecular weight is 477 g/mol. The molecule has 1 amide bonds. The van der Waals surface area contributed by atoms with Crippen LogP contribution in [0, 0.1) is 0 Å². The van der Waals surface area contributed by atoms with Gasteiger partial charge in [0, 0.05) is 6.04 Å². The van der Waals surface area contributed by atoms with Crippen molar-refractivity contribution in [1.29, 1.82) is 0 Å². The molecule has 0 aromatic heterocycles. The van der Waals surface area contributed by atoms with Crippen molar-refractivity contribution in [2.75, 3.05) is 20.8 Å². The maximum absolute atomic E-state index is 12.6. The Kier molecular flexibility index (Phi) is 8.57. The number of carbonyl (C=O) groups excluding carboxylic acids is 1. The lowest BCUT2D eigenvalue weighted by molar-refractivity contribution is -0.123. The van der Waals surface area contributed by atoms with Crippen LogP contribution >= 0.6 is 0 Å². The summed E-state index contributed by atoms with van der Waals surface area (Å²) in [7, 11) is -0.448. The maximum Gasteiger partial charge on any atom is 0.258 e. The topological polar surface area (TPSA) is 103 Å². The molecule has 1 atom stereocenters. The fourth-order valence-corrected chi connectivity index (χ4v) is 5.17. The lowest BCUT2D eigenvalue weighted by atomic mass is 9.96. The van der Waals surface area contributed by atoms with Crippen LogP contribution in [0.1, 0.15) is 50.6 Å². The molecule has 3 rings (SSSR count). The van der Waals surface area contributed by atoms with E-state index in [0.717, 1.165) is 37.7 Å². The predicted molar refractivity (Wildman–Crippen MR) is 125 cm³/mol. The first kappa shape index (κ1) is 24.9. The molecule has 1 fully saturated rings. The Morgan fingerprint density at radius 1 is 1.00 bits per heavy atom. The van der Waals surface area contributed by atoms with E-state index in [0.29, 0.717) is 17.2 Å². The van der Waals surface area contributed by atoms with Gasteiger partial charge >= 0.3 is 0 Å². The van der Waals surface area contributed by atoms with Crippen LogP contribution in [0.2, 0.25) is 0 Å². The van der Waals surface area contributed by atoms with Crippen molar-refractivity contribution in [1.82, 2.24) is 10.0 Å². The van der Waals surface area contributed by atoms with Gasteiger partial charge in [0.1, 0.15) is 5.75 Å². The van der Waals surface area contributed by atoms with Gasteiger partial charge in [-0.3, -0.25) is 4.79 Å². The van der Waals surface area contributed by atoms with Crippen LogP contribution in [-0.4, -0.2) is 41.2 Å². The van der Waals surface area contributed by atoms with E-state index in [-0.39, 0.29) is 29.5 Å². The van der Waals surface area contributed by atoms with Gasteiger partial charge in [-0.05, 0) is 61.7 Å². The highest BCUT2D eigenvalue weighted by Crippen LogP contribution is 2.30. The smallest absolute Gasteiger partial charge is 0.258 e. The molecule has 180 valence electrons.